The Hall–Kier alpha value is -9.36. The van der Waals surface area contributed by atoms with Crippen LogP contribution in [0.3, 0.4) is 0 Å². The van der Waals surface area contributed by atoms with E-state index in [2.05, 4.69) is 243 Å². The summed E-state index contributed by atoms with van der Waals surface area (Å²) < 4.78 is 0. The van der Waals surface area contributed by atoms with Crippen LogP contribution in [0.5, 0.6) is 0 Å². The number of fused-ring (bicyclic) bond motifs is 12. The summed E-state index contributed by atoms with van der Waals surface area (Å²) in [5.74, 6) is 0. The maximum atomic E-state index is 2.51. The van der Waals surface area contributed by atoms with E-state index in [1.165, 1.54) is 175 Å². The topological polar surface area (TPSA) is 0 Å². The Labute approximate surface area is 415 Å². The van der Waals surface area contributed by atoms with Gasteiger partial charge in [0.1, 0.15) is 0 Å². The molecule has 0 radical (unpaired) electrons. The van der Waals surface area contributed by atoms with E-state index in [1.807, 2.05) is 0 Å². The van der Waals surface area contributed by atoms with Gasteiger partial charge >= 0.3 is 0 Å². The third-order valence-corrected chi connectivity index (χ3v) is 16.7. The second kappa shape index (κ2) is 14.1. The molecule has 15 aromatic carbocycles. The minimum absolute atomic E-state index is 1.25. The van der Waals surface area contributed by atoms with Crippen LogP contribution in [-0.2, 0) is 0 Å². The Kier molecular flexibility index (Phi) is 7.55. The molecule has 0 bridgehead atoms. The third kappa shape index (κ3) is 5.05. The van der Waals surface area contributed by atoms with Gasteiger partial charge in [0, 0.05) is 0 Å². The van der Waals surface area contributed by atoms with Gasteiger partial charge in [0.05, 0.1) is 0 Å². The molecule has 0 spiro atoms. The van der Waals surface area contributed by atoms with Gasteiger partial charge < -0.3 is 0 Å². The molecular formula is C72H40. The molecule has 0 nitrogen and oxygen atoms in total. The Morgan fingerprint density at radius 2 is 0.347 bits per heavy atom. The fourth-order valence-corrected chi connectivity index (χ4v) is 13.6. The third-order valence-electron chi connectivity index (χ3n) is 16.7. The molecule has 0 heterocycles. The van der Waals surface area contributed by atoms with Gasteiger partial charge in [-0.15, -0.1) is 0 Å². The SMILES string of the molecule is c1ccc2c(-c3cc4c(cc3-c3cccc5ccccc35)-c3ccc5c6ccc7c8c(ccc(c9ccc-4c3c95)c86)-c3cc(-c4cccc5ccccc45)c(-c4cccc5ccccc45)cc3-7)cccc2c1. The largest absolute Gasteiger partial charge is 0.0616 e. The number of hydrogen-bond acceptors (Lipinski definition) is 0. The standard InChI is InChI=1S/C72H40/c1-5-21-45-41(13-1)17-9-25-49(45)61-37-65-57-33-29-53-55-31-35-59-67-39-63(51-27-11-19-43-15-3-7-23-47(43)51)64(52-28-12-20-44-16-4-8-24-48(44)52)40-68(67)60-36-32-56(70(55)72(59)60)54-30-34-58(71(57)69(53)54)66(65)38-62(61)50-26-10-18-42-14-2-6-22-46(42)50/h1-40H. The average molecular weight is 905 g/mol. The first-order valence-electron chi connectivity index (χ1n) is 25.2. The molecule has 2 aliphatic rings. The predicted octanol–water partition coefficient (Wildman–Crippen LogP) is 20.3. The normalized spacial score (nSPS) is 12.4. The summed E-state index contributed by atoms with van der Waals surface area (Å²) in [4.78, 5) is 0. The molecule has 0 heteroatoms. The quantitative estimate of drug-likeness (QED) is 0.122. The van der Waals surface area contributed by atoms with Crippen LogP contribution in [0, 0.1) is 0 Å². The molecule has 2 aliphatic carbocycles. The first-order valence-corrected chi connectivity index (χ1v) is 25.2. The van der Waals surface area contributed by atoms with E-state index in [1.54, 1.807) is 0 Å². The van der Waals surface area contributed by atoms with Gasteiger partial charge in [-0.25, -0.2) is 0 Å². The first-order chi connectivity index (χ1) is 35.7. The van der Waals surface area contributed by atoms with Crippen molar-refractivity contribution in [3.63, 3.8) is 0 Å². The molecular weight excluding hydrogens is 865 g/mol. The summed E-state index contributed by atoms with van der Waals surface area (Å²) in [6.07, 6.45) is 0. The monoisotopic (exact) mass is 904 g/mol. The highest BCUT2D eigenvalue weighted by Crippen LogP contribution is 2.58. The van der Waals surface area contributed by atoms with Gasteiger partial charge in [0.15, 0.2) is 0 Å². The van der Waals surface area contributed by atoms with Gasteiger partial charge in [-0.1, -0.05) is 218 Å². The van der Waals surface area contributed by atoms with Crippen molar-refractivity contribution in [2.24, 2.45) is 0 Å². The highest BCUT2D eigenvalue weighted by atomic mass is 14.3. The van der Waals surface area contributed by atoms with E-state index in [9.17, 15) is 0 Å². The zero-order chi connectivity index (χ0) is 46.8. The molecule has 0 aliphatic heterocycles. The summed E-state index contributed by atoms with van der Waals surface area (Å²) in [5.41, 5.74) is 20.6. The molecule has 0 saturated heterocycles. The first kappa shape index (κ1) is 38.5. The molecule has 0 N–H and O–H groups in total. The summed E-state index contributed by atoms with van der Waals surface area (Å²) in [6.45, 7) is 0. The lowest BCUT2D eigenvalue weighted by Crippen LogP contribution is -1.91. The molecule has 0 saturated carbocycles. The van der Waals surface area contributed by atoms with Gasteiger partial charge in [-0.2, -0.15) is 0 Å². The van der Waals surface area contributed by atoms with E-state index >= 15 is 0 Å². The van der Waals surface area contributed by atoms with E-state index < -0.39 is 0 Å². The van der Waals surface area contributed by atoms with Gasteiger partial charge in [-0.05, 0) is 199 Å². The van der Waals surface area contributed by atoms with Crippen molar-refractivity contribution in [3.8, 4) is 89.0 Å². The number of hydrogen-bond donors (Lipinski definition) is 0. The van der Waals surface area contributed by atoms with E-state index in [0.29, 0.717) is 0 Å². The van der Waals surface area contributed by atoms with E-state index in [-0.39, 0.29) is 0 Å². The van der Waals surface area contributed by atoms with Crippen LogP contribution in [-0.4, -0.2) is 0 Å². The summed E-state index contributed by atoms with van der Waals surface area (Å²) in [5, 5.41) is 20.8. The van der Waals surface area contributed by atoms with Crippen molar-refractivity contribution in [1.82, 2.24) is 0 Å². The molecule has 0 fully saturated rings. The van der Waals surface area contributed by atoms with Crippen LogP contribution in [0.1, 0.15) is 0 Å². The fourth-order valence-electron chi connectivity index (χ4n) is 13.6. The van der Waals surface area contributed by atoms with Gasteiger partial charge in [0.25, 0.3) is 0 Å². The summed E-state index contributed by atoms with van der Waals surface area (Å²) >= 11 is 0. The van der Waals surface area contributed by atoms with Crippen LogP contribution in [0.2, 0.25) is 0 Å². The van der Waals surface area contributed by atoms with Crippen molar-refractivity contribution in [3.05, 3.63) is 243 Å². The van der Waals surface area contributed by atoms with Gasteiger partial charge in [0.2, 0.25) is 0 Å². The Morgan fingerprint density at radius 3 is 0.611 bits per heavy atom. The molecule has 0 unspecified atom stereocenters. The van der Waals surface area contributed by atoms with Crippen LogP contribution in [0.4, 0.5) is 0 Å². The Morgan fingerprint density at radius 1 is 0.125 bits per heavy atom. The van der Waals surface area contributed by atoms with Crippen molar-refractivity contribution >= 4 is 86.2 Å². The average Bonchev–Trinajstić information content (AvgIpc) is 3.94. The second-order valence-corrected chi connectivity index (χ2v) is 20.1. The molecule has 0 aromatic heterocycles. The second-order valence-electron chi connectivity index (χ2n) is 20.1. The van der Waals surface area contributed by atoms with E-state index in [0.717, 1.165) is 0 Å². The van der Waals surface area contributed by atoms with Crippen LogP contribution in [0.25, 0.3) is 175 Å². The number of benzene rings is 15. The highest BCUT2D eigenvalue weighted by Gasteiger charge is 2.31. The maximum absolute atomic E-state index is 2.51. The summed E-state index contributed by atoms with van der Waals surface area (Å²) in [6, 6.07) is 91.9. The van der Waals surface area contributed by atoms with Gasteiger partial charge in [-0.3, -0.25) is 0 Å². The lowest BCUT2D eigenvalue weighted by Gasteiger charge is -2.17. The van der Waals surface area contributed by atoms with Crippen LogP contribution in [0.15, 0.2) is 243 Å². The van der Waals surface area contributed by atoms with E-state index in [4.69, 9.17) is 0 Å². The molecule has 328 valence electrons. The highest BCUT2D eigenvalue weighted by molar-refractivity contribution is 6.40. The lowest BCUT2D eigenvalue weighted by molar-refractivity contribution is 1.62. The zero-order valence-corrected chi connectivity index (χ0v) is 39.1. The fraction of sp³-hybridized carbons (Fsp3) is 0. The summed E-state index contributed by atoms with van der Waals surface area (Å²) in [7, 11) is 0. The molecule has 0 amide bonds. The van der Waals surface area contributed by atoms with Crippen molar-refractivity contribution in [2.75, 3.05) is 0 Å². The lowest BCUT2D eigenvalue weighted by atomic mass is 9.86. The minimum Gasteiger partial charge on any atom is -0.0616 e. The van der Waals surface area contributed by atoms with Crippen LogP contribution < -0.4 is 0 Å². The minimum atomic E-state index is 1.25. The molecule has 17 rings (SSSR count). The van der Waals surface area contributed by atoms with Crippen molar-refractivity contribution in [1.29, 1.82) is 0 Å². The Bertz CT molecular complexity index is 4280. The smallest absolute Gasteiger partial charge is 0.00139 e. The molecule has 0 atom stereocenters. The number of rotatable bonds is 4. The zero-order valence-electron chi connectivity index (χ0n) is 39.1. The maximum Gasteiger partial charge on any atom is -0.00139 e. The predicted molar refractivity (Wildman–Crippen MR) is 308 cm³/mol. The van der Waals surface area contributed by atoms with Crippen molar-refractivity contribution in [2.45, 2.75) is 0 Å². The Balaban J connectivity index is 0.913. The van der Waals surface area contributed by atoms with Crippen molar-refractivity contribution < 1.29 is 0 Å². The molecule has 72 heavy (non-hydrogen) atoms. The van der Waals surface area contributed by atoms with Crippen LogP contribution >= 0.6 is 0 Å². The molecule has 15 aromatic rings.